The van der Waals surface area contributed by atoms with E-state index in [1.54, 1.807) is 26.8 Å². The van der Waals surface area contributed by atoms with Crippen molar-refractivity contribution in [2.45, 2.75) is 45.4 Å². The molecule has 0 saturated carbocycles. The van der Waals surface area contributed by atoms with Crippen LogP contribution in [0.25, 0.3) is 6.08 Å². The van der Waals surface area contributed by atoms with E-state index in [1.807, 2.05) is 48.5 Å². The molecule has 0 radical (unpaired) electrons. The van der Waals surface area contributed by atoms with Crippen molar-refractivity contribution in [2.24, 2.45) is 5.73 Å². The van der Waals surface area contributed by atoms with Gasteiger partial charge in [0.1, 0.15) is 24.0 Å². The zero-order valence-electron chi connectivity index (χ0n) is 17.9. The molecule has 2 rings (SSSR count). The normalized spacial score (nSPS) is 12.4. The van der Waals surface area contributed by atoms with E-state index < -0.39 is 23.6 Å². The van der Waals surface area contributed by atoms with E-state index in [0.29, 0.717) is 12.4 Å². The van der Waals surface area contributed by atoms with Gasteiger partial charge in [-0.25, -0.2) is 4.79 Å². The monoisotopic (exact) mass is 411 g/mol. The fraction of sp³-hybridized carbons (Fsp3) is 0.333. The Morgan fingerprint density at radius 2 is 1.80 bits per heavy atom. The molecular formula is C24H29NO5. The highest BCUT2D eigenvalue weighted by Gasteiger charge is 2.23. The van der Waals surface area contributed by atoms with Crippen LogP contribution in [-0.4, -0.2) is 30.7 Å². The number of carbonyl (C=O) groups is 2. The van der Waals surface area contributed by atoms with Crippen molar-refractivity contribution in [3.05, 3.63) is 71.3 Å². The smallest absolute Gasteiger partial charge is 0.330 e. The van der Waals surface area contributed by atoms with Gasteiger partial charge in [0.2, 0.25) is 0 Å². The van der Waals surface area contributed by atoms with Gasteiger partial charge in [-0.05, 0) is 62.1 Å². The molecule has 2 N–H and O–H groups in total. The number of benzene rings is 2. The van der Waals surface area contributed by atoms with E-state index >= 15 is 0 Å². The Morgan fingerprint density at radius 1 is 1.10 bits per heavy atom. The minimum atomic E-state index is -0.848. The van der Waals surface area contributed by atoms with Crippen LogP contribution in [-0.2, 0) is 32.1 Å². The quantitative estimate of drug-likeness (QED) is 0.527. The van der Waals surface area contributed by atoms with Crippen molar-refractivity contribution in [1.29, 1.82) is 0 Å². The zero-order chi connectivity index (χ0) is 22.1. The fourth-order valence-corrected chi connectivity index (χ4v) is 2.68. The Morgan fingerprint density at radius 3 is 2.43 bits per heavy atom. The molecule has 6 heteroatoms. The summed E-state index contributed by atoms with van der Waals surface area (Å²) in [5, 5.41) is 0. The first kappa shape index (κ1) is 23.2. The largest absolute Gasteiger partial charge is 0.489 e. The van der Waals surface area contributed by atoms with Crippen LogP contribution >= 0.6 is 0 Å². The number of ether oxygens (including phenoxy) is 3. The molecule has 0 spiro atoms. The summed E-state index contributed by atoms with van der Waals surface area (Å²) in [5.74, 6) is -0.316. The van der Waals surface area contributed by atoms with Crippen molar-refractivity contribution in [3.8, 4) is 5.75 Å². The third kappa shape index (κ3) is 7.72. The molecule has 0 heterocycles. The van der Waals surface area contributed by atoms with Gasteiger partial charge in [0.25, 0.3) is 0 Å². The first-order valence-corrected chi connectivity index (χ1v) is 9.72. The van der Waals surface area contributed by atoms with Crippen molar-refractivity contribution >= 4 is 18.0 Å². The highest BCUT2D eigenvalue weighted by molar-refractivity contribution is 5.87. The molecule has 160 valence electrons. The fourth-order valence-electron chi connectivity index (χ4n) is 2.68. The van der Waals surface area contributed by atoms with Crippen LogP contribution in [0.5, 0.6) is 5.75 Å². The number of hydrogen-bond donors (Lipinski definition) is 1. The Bertz CT molecular complexity index is 884. The molecule has 0 saturated heterocycles. The van der Waals surface area contributed by atoms with E-state index in [2.05, 4.69) is 4.74 Å². The molecule has 0 bridgehead atoms. The summed E-state index contributed by atoms with van der Waals surface area (Å²) in [7, 11) is 1.31. The van der Waals surface area contributed by atoms with Crippen LogP contribution in [0.2, 0.25) is 0 Å². The third-order valence-corrected chi connectivity index (χ3v) is 4.11. The van der Waals surface area contributed by atoms with Crippen LogP contribution < -0.4 is 10.5 Å². The predicted octanol–water partition coefficient (Wildman–Crippen LogP) is 3.66. The maximum Gasteiger partial charge on any atom is 0.330 e. The molecule has 0 aliphatic carbocycles. The highest BCUT2D eigenvalue weighted by Crippen LogP contribution is 2.22. The second-order valence-electron chi connectivity index (χ2n) is 7.84. The molecule has 2 aromatic carbocycles. The van der Waals surface area contributed by atoms with Crippen LogP contribution in [0.15, 0.2) is 54.6 Å². The lowest BCUT2D eigenvalue weighted by Crippen LogP contribution is -2.38. The molecule has 0 fully saturated rings. The van der Waals surface area contributed by atoms with E-state index in [4.69, 9.17) is 15.2 Å². The topological polar surface area (TPSA) is 87.9 Å². The van der Waals surface area contributed by atoms with Crippen molar-refractivity contribution in [1.82, 2.24) is 0 Å². The van der Waals surface area contributed by atoms with E-state index in [-0.39, 0.29) is 6.42 Å². The summed E-state index contributed by atoms with van der Waals surface area (Å²) in [6.45, 7) is 5.79. The summed E-state index contributed by atoms with van der Waals surface area (Å²) in [5.41, 5.74) is 8.02. The second-order valence-corrected chi connectivity index (χ2v) is 7.84. The molecule has 6 nitrogen and oxygen atoms in total. The minimum absolute atomic E-state index is 0.234. The summed E-state index contributed by atoms with van der Waals surface area (Å²) in [4.78, 5) is 23.8. The molecule has 2 aromatic rings. The van der Waals surface area contributed by atoms with Gasteiger partial charge in [0, 0.05) is 6.08 Å². The Hall–Kier alpha value is -3.12. The first-order chi connectivity index (χ1) is 14.2. The Balaban J connectivity index is 2.21. The molecule has 0 aliphatic rings. The molecule has 0 aromatic heterocycles. The summed E-state index contributed by atoms with van der Waals surface area (Å²) >= 11 is 0. The molecule has 1 unspecified atom stereocenters. The molecule has 1 atom stereocenters. The summed E-state index contributed by atoms with van der Waals surface area (Å²) < 4.78 is 15.9. The SMILES string of the molecule is COC(=O)C=Cc1ccc(OCc2ccccc2)cc1CC(N)C(=O)OC(C)(C)C. The van der Waals surface area contributed by atoms with Crippen LogP contribution in [0.3, 0.4) is 0 Å². The summed E-state index contributed by atoms with van der Waals surface area (Å²) in [6.07, 6.45) is 3.19. The predicted molar refractivity (Wildman–Crippen MR) is 116 cm³/mol. The Kier molecular flexibility index (Phi) is 8.18. The lowest BCUT2D eigenvalue weighted by atomic mass is 9.99. The molecule has 30 heavy (non-hydrogen) atoms. The zero-order valence-corrected chi connectivity index (χ0v) is 17.9. The van der Waals surface area contributed by atoms with E-state index in [9.17, 15) is 9.59 Å². The molecule has 0 aliphatic heterocycles. The highest BCUT2D eigenvalue weighted by atomic mass is 16.6. The van der Waals surface area contributed by atoms with Gasteiger partial charge in [-0.3, -0.25) is 4.79 Å². The van der Waals surface area contributed by atoms with Gasteiger partial charge in [0.05, 0.1) is 7.11 Å². The van der Waals surface area contributed by atoms with E-state index in [1.165, 1.54) is 13.2 Å². The van der Waals surface area contributed by atoms with Gasteiger partial charge in [-0.15, -0.1) is 0 Å². The number of hydrogen-bond acceptors (Lipinski definition) is 6. The second kappa shape index (κ2) is 10.6. The van der Waals surface area contributed by atoms with Crippen molar-refractivity contribution in [2.75, 3.05) is 7.11 Å². The minimum Gasteiger partial charge on any atom is -0.489 e. The molecule has 0 amide bonds. The average Bonchev–Trinajstić information content (AvgIpc) is 2.70. The standard InChI is InChI=1S/C24H29NO5/c1-24(2,3)30-23(27)21(25)15-19-14-20(29-16-17-8-6-5-7-9-17)12-10-18(19)11-13-22(26)28-4/h5-14,21H,15-16,25H2,1-4H3. The van der Waals surface area contributed by atoms with Crippen LogP contribution in [0.1, 0.15) is 37.5 Å². The van der Waals surface area contributed by atoms with Gasteiger partial charge >= 0.3 is 11.9 Å². The third-order valence-electron chi connectivity index (χ3n) is 4.11. The van der Waals surface area contributed by atoms with Gasteiger partial charge in [-0.2, -0.15) is 0 Å². The van der Waals surface area contributed by atoms with E-state index in [0.717, 1.165) is 16.7 Å². The Labute approximate surface area is 177 Å². The summed E-state index contributed by atoms with van der Waals surface area (Å²) in [6, 6.07) is 14.4. The van der Waals surface area contributed by atoms with Gasteiger partial charge in [0.15, 0.2) is 0 Å². The van der Waals surface area contributed by atoms with Crippen molar-refractivity contribution in [3.63, 3.8) is 0 Å². The maximum absolute atomic E-state index is 12.3. The number of rotatable bonds is 8. The average molecular weight is 411 g/mol. The lowest BCUT2D eigenvalue weighted by Gasteiger charge is -2.22. The van der Waals surface area contributed by atoms with Crippen LogP contribution in [0.4, 0.5) is 0 Å². The number of nitrogens with two attached hydrogens (primary N) is 1. The maximum atomic E-state index is 12.3. The van der Waals surface area contributed by atoms with Crippen LogP contribution in [0, 0.1) is 0 Å². The molecular weight excluding hydrogens is 382 g/mol. The lowest BCUT2D eigenvalue weighted by molar-refractivity contribution is -0.156. The number of esters is 2. The first-order valence-electron chi connectivity index (χ1n) is 9.72. The van der Waals surface area contributed by atoms with Gasteiger partial charge in [-0.1, -0.05) is 36.4 Å². The number of carbonyl (C=O) groups excluding carboxylic acids is 2. The van der Waals surface area contributed by atoms with Crippen molar-refractivity contribution < 1.29 is 23.8 Å². The number of methoxy groups -OCH3 is 1. The van der Waals surface area contributed by atoms with Gasteiger partial charge < -0.3 is 19.9 Å².